The Morgan fingerprint density at radius 3 is 2.84 bits per heavy atom. The van der Waals surface area contributed by atoms with Crippen molar-refractivity contribution >= 4 is 5.97 Å². The van der Waals surface area contributed by atoms with Gasteiger partial charge < -0.3 is 14.9 Å². The number of ether oxygens (including phenoxy) is 1. The molecule has 0 radical (unpaired) electrons. The van der Waals surface area contributed by atoms with Crippen molar-refractivity contribution in [1.29, 1.82) is 0 Å². The molecule has 0 aromatic carbocycles. The van der Waals surface area contributed by atoms with Crippen molar-refractivity contribution in [2.45, 2.75) is 45.3 Å². The molecule has 106 valence electrons. The largest absolute Gasteiger partial charge is 0.459 e. The summed E-state index contributed by atoms with van der Waals surface area (Å²) >= 11 is 0. The second kappa shape index (κ2) is 5.88. The Balaban J connectivity index is 2.29. The second-order valence-corrected chi connectivity index (χ2v) is 5.54. The molecular weight excluding hydrogens is 244 g/mol. The zero-order valence-corrected chi connectivity index (χ0v) is 11.5. The number of aliphatic hydroxyl groups excluding tert-OH is 2. The summed E-state index contributed by atoms with van der Waals surface area (Å²) in [5, 5.41) is 19.6. The van der Waals surface area contributed by atoms with Gasteiger partial charge in [-0.05, 0) is 37.3 Å². The second-order valence-electron chi connectivity index (χ2n) is 5.54. The van der Waals surface area contributed by atoms with E-state index in [2.05, 4.69) is 0 Å². The fourth-order valence-corrected chi connectivity index (χ4v) is 2.84. The van der Waals surface area contributed by atoms with Crippen molar-refractivity contribution in [3.63, 3.8) is 0 Å². The van der Waals surface area contributed by atoms with E-state index in [4.69, 9.17) is 4.74 Å². The first-order valence-electron chi connectivity index (χ1n) is 6.88. The minimum atomic E-state index is -0.719. The average molecular weight is 266 g/mol. The minimum Gasteiger partial charge on any atom is -0.459 e. The van der Waals surface area contributed by atoms with Gasteiger partial charge in [-0.2, -0.15) is 0 Å². The number of carbonyl (C=O) groups excluding carboxylic acids is 1. The van der Waals surface area contributed by atoms with Crippen LogP contribution in [0.3, 0.4) is 0 Å². The molecule has 1 saturated heterocycles. The normalized spacial score (nSPS) is 38.8. The van der Waals surface area contributed by atoms with Crippen LogP contribution in [0.15, 0.2) is 23.3 Å². The molecule has 1 aliphatic carbocycles. The number of esters is 1. The Kier molecular flexibility index (Phi) is 4.42. The first kappa shape index (κ1) is 14.3. The third-order valence-electron chi connectivity index (χ3n) is 4.28. The Morgan fingerprint density at radius 1 is 1.42 bits per heavy atom. The van der Waals surface area contributed by atoms with Crippen molar-refractivity contribution < 1.29 is 19.7 Å². The highest BCUT2D eigenvalue weighted by molar-refractivity contribution is 5.75. The van der Waals surface area contributed by atoms with Crippen LogP contribution in [0.4, 0.5) is 0 Å². The summed E-state index contributed by atoms with van der Waals surface area (Å²) in [6.45, 7) is 3.76. The van der Waals surface area contributed by atoms with Gasteiger partial charge in [0.15, 0.2) is 0 Å². The van der Waals surface area contributed by atoms with Crippen molar-refractivity contribution in [3.05, 3.63) is 23.3 Å². The van der Waals surface area contributed by atoms with Gasteiger partial charge >= 0.3 is 5.97 Å². The predicted octanol–water partition coefficient (Wildman–Crippen LogP) is 1.57. The maximum absolute atomic E-state index is 11.7. The van der Waals surface area contributed by atoms with Gasteiger partial charge in [0.2, 0.25) is 0 Å². The smallest absolute Gasteiger partial charge is 0.309 e. The van der Waals surface area contributed by atoms with E-state index >= 15 is 0 Å². The van der Waals surface area contributed by atoms with Gasteiger partial charge in [0.05, 0.1) is 12.5 Å². The van der Waals surface area contributed by atoms with E-state index in [1.807, 2.05) is 26.0 Å². The van der Waals surface area contributed by atoms with Crippen molar-refractivity contribution in [2.75, 3.05) is 6.61 Å². The molecule has 4 heteroatoms. The van der Waals surface area contributed by atoms with Gasteiger partial charge in [-0.1, -0.05) is 19.1 Å². The van der Waals surface area contributed by atoms with Crippen LogP contribution < -0.4 is 0 Å². The fourth-order valence-electron chi connectivity index (χ4n) is 2.84. The number of rotatable bonds is 1. The molecule has 19 heavy (non-hydrogen) atoms. The van der Waals surface area contributed by atoms with Crippen LogP contribution in [-0.4, -0.2) is 35.0 Å². The Bertz CT molecular complexity index is 410. The molecule has 4 atom stereocenters. The molecule has 0 amide bonds. The van der Waals surface area contributed by atoms with Crippen LogP contribution in [0.2, 0.25) is 0 Å². The van der Waals surface area contributed by atoms with Crippen LogP contribution in [0, 0.1) is 11.8 Å². The molecule has 2 aliphatic rings. The van der Waals surface area contributed by atoms with Gasteiger partial charge in [0.25, 0.3) is 0 Å². The fraction of sp³-hybridized carbons (Fsp3) is 0.667. The van der Waals surface area contributed by atoms with E-state index in [1.165, 1.54) is 0 Å². The summed E-state index contributed by atoms with van der Waals surface area (Å²) in [4.78, 5) is 11.7. The van der Waals surface area contributed by atoms with Crippen LogP contribution >= 0.6 is 0 Å². The Labute approximate surface area is 113 Å². The quantitative estimate of drug-likeness (QED) is 0.558. The minimum absolute atomic E-state index is 0.0227. The number of hydrogen-bond donors (Lipinski definition) is 2. The van der Waals surface area contributed by atoms with Crippen LogP contribution in [-0.2, 0) is 9.53 Å². The maximum Gasteiger partial charge on any atom is 0.309 e. The first-order valence-corrected chi connectivity index (χ1v) is 6.88. The molecule has 1 heterocycles. The highest BCUT2D eigenvalue weighted by Gasteiger charge is 2.45. The van der Waals surface area contributed by atoms with E-state index < -0.39 is 12.2 Å². The lowest BCUT2D eigenvalue weighted by molar-refractivity contribution is -0.146. The molecule has 2 N–H and O–H groups in total. The van der Waals surface area contributed by atoms with Gasteiger partial charge in [-0.3, -0.25) is 4.79 Å². The lowest BCUT2D eigenvalue weighted by Crippen LogP contribution is -2.33. The van der Waals surface area contributed by atoms with Crippen molar-refractivity contribution in [2.24, 2.45) is 11.8 Å². The van der Waals surface area contributed by atoms with Crippen LogP contribution in [0.5, 0.6) is 0 Å². The topological polar surface area (TPSA) is 66.8 Å². The first-order chi connectivity index (χ1) is 9.04. The van der Waals surface area contributed by atoms with Gasteiger partial charge in [-0.15, -0.1) is 0 Å². The number of carbonyl (C=O) groups is 1. The molecule has 0 aromatic heterocycles. The van der Waals surface area contributed by atoms with E-state index in [-0.39, 0.29) is 24.4 Å². The molecular formula is C15H22O4. The zero-order valence-electron chi connectivity index (χ0n) is 11.5. The summed E-state index contributed by atoms with van der Waals surface area (Å²) in [5.74, 6) is -0.464. The van der Waals surface area contributed by atoms with Gasteiger partial charge in [0.1, 0.15) is 12.2 Å². The molecule has 0 aromatic rings. The zero-order chi connectivity index (χ0) is 14.0. The molecule has 0 saturated carbocycles. The lowest BCUT2D eigenvalue weighted by atomic mass is 9.83. The number of hydrogen-bond acceptors (Lipinski definition) is 4. The SMILES string of the molecule is CC1=CCC/C(CO)=C/C[C@H]2[C@@H](OC(=O)[C@H]2C)[C@@H]1O. The predicted molar refractivity (Wildman–Crippen MR) is 71.3 cm³/mol. The van der Waals surface area contributed by atoms with E-state index in [9.17, 15) is 15.0 Å². The van der Waals surface area contributed by atoms with E-state index in [0.717, 1.165) is 24.0 Å². The number of aliphatic hydroxyl groups is 2. The Hall–Kier alpha value is -1.13. The third kappa shape index (κ3) is 2.90. The van der Waals surface area contributed by atoms with Crippen molar-refractivity contribution in [1.82, 2.24) is 0 Å². The standard InChI is InChI=1S/C15H22O4/c1-9-4-3-5-11(8-16)6-7-12-10(2)15(18)19-14(12)13(9)17/h4,6,10,12-14,16-17H,3,5,7-8H2,1-2H3/b9-4?,11-6-/t10-,12+,13+,14+/m0/s1. The van der Waals surface area contributed by atoms with Crippen molar-refractivity contribution in [3.8, 4) is 0 Å². The molecule has 0 unspecified atom stereocenters. The van der Waals surface area contributed by atoms with E-state index in [0.29, 0.717) is 6.42 Å². The van der Waals surface area contributed by atoms with Crippen LogP contribution in [0.25, 0.3) is 0 Å². The van der Waals surface area contributed by atoms with Gasteiger partial charge in [-0.25, -0.2) is 0 Å². The monoisotopic (exact) mass is 266 g/mol. The molecule has 4 nitrogen and oxygen atoms in total. The number of allylic oxidation sites excluding steroid dienone is 2. The average Bonchev–Trinajstić information content (AvgIpc) is 2.68. The third-order valence-corrected chi connectivity index (χ3v) is 4.28. The van der Waals surface area contributed by atoms with Gasteiger partial charge in [0, 0.05) is 5.92 Å². The van der Waals surface area contributed by atoms with E-state index in [1.54, 1.807) is 0 Å². The highest BCUT2D eigenvalue weighted by Crippen LogP contribution is 2.35. The summed E-state index contributed by atoms with van der Waals surface area (Å²) in [7, 11) is 0. The molecule has 0 bridgehead atoms. The molecule has 1 fully saturated rings. The summed E-state index contributed by atoms with van der Waals surface area (Å²) in [5.41, 5.74) is 1.84. The lowest BCUT2D eigenvalue weighted by Gasteiger charge is -2.25. The van der Waals surface area contributed by atoms with Crippen LogP contribution in [0.1, 0.15) is 33.1 Å². The Morgan fingerprint density at radius 2 is 2.16 bits per heavy atom. The summed E-state index contributed by atoms with van der Waals surface area (Å²) in [6.07, 6.45) is 5.02. The molecule has 0 spiro atoms. The summed E-state index contributed by atoms with van der Waals surface area (Å²) < 4.78 is 5.34. The maximum atomic E-state index is 11.7. The highest BCUT2D eigenvalue weighted by atomic mass is 16.6. The molecule has 1 aliphatic heterocycles. The molecule has 2 rings (SSSR count). The number of fused-ring (bicyclic) bond motifs is 1. The summed E-state index contributed by atoms with van der Waals surface area (Å²) in [6, 6.07) is 0.